The molecule has 0 aromatic rings. The molecule has 0 saturated carbocycles. The molecule has 0 aliphatic carbocycles. The lowest BCUT2D eigenvalue weighted by molar-refractivity contribution is -0.127. The van der Waals surface area contributed by atoms with Gasteiger partial charge in [0.15, 0.2) is 0 Å². The van der Waals surface area contributed by atoms with Crippen LogP contribution in [-0.2, 0) is 4.79 Å². The van der Waals surface area contributed by atoms with Crippen molar-refractivity contribution in [2.45, 2.75) is 25.4 Å². The molecule has 78 valence electrons. The zero-order valence-corrected chi connectivity index (χ0v) is 8.29. The first-order valence-electron chi connectivity index (χ1n) is 4.19. The molecular weight excluding hydrogens is 172 g/mol. The molecule has 0 spiro atoms. The number of carbonyl (C=O) groups is 1. The van der Waals surface area contributed by atoms with Gasteiger partial charge in [0, 0.05) is 0 Å². The molecule has 0 fully saturated rings. The SMILES string of the molecule is CNC(C)(C)C(=O)NC(CO)CO. The Hall–Kier alpha value is -0.650. The molecule has 0 atom stereocenters. The number of carbonyl (C=O) groups excluding carboxylic acids is 1. The summed E-state index contributed by atoms with van der Waals surface area (Å²) < 4.78 is 0. The van der Waals surface area contributed by atoms with Crippen molar-refractivity contribution in [3.63, 3.8) is 0 Å². The Labute approximate surface area is 78.1 Å². The Kier molecular flexibility index (Phi) is 4.90. The van der Waals surface area contributed by atoms with Crippen molar-refractivity contribution in [3.05, 3.63) is 0 Å². The van der Waals surface area contributed by atoms with Gasteiger partial charge in [-0.25, -0.2) is 0 Å². The zero-order chi connectivity index (χ0) is 10.5. The molecule has 0 aromatic carbocycles. The lowest BCUT2D eigenvalue weighted by atomic mass is 10.0. The summed E-state index contributed by atoms with van der Waals surface area (Å²) in [5.41, 5.74) is -0.692. The Morgan fingerprint density at radius 3 is 2.15 bits per heavy atom. The van der Waals surface area contributed by atoms with E-state index in [0.29, 0.717) is 0 Å². The molecule has 0 aliphatic rings. The molecular formula is C8H18N2O3. The van der Waals surface area contributed by atoms with Gasteiger partial charge in [-0.3, -0.25) is 4.79 Å². The number of nitrogens with one attached hydrogen (secondary N) is 2. The van der Waals surface area contributed by atoms with Crippen LogP contribution in [0.4, 0.5) is 0 Å². The van der Waals surface area contributed by atoms with Gasteiger partial charge < -0.3 is 20.8 Å². The number of hydrogen-bond acceptors (Lipinski definition) is 4. The molecule has 0 aliphatic heterocycles. The summed E-state index contributed by atoms with van der Waals surface area (Å²) in [4.78, 5) is 11.4. The van der Waals surface area contributed by atoms with E-state index < -0.39 is 11.6 Å². The molecule has 4 N–H and O–H groups in total. The molecule has 13 heavy (non-hydrogen) atoms. The molecule has 5 heteroatoms. The van der Waals surface area contributed by atoms with E-state index in [0.717, 1.165) is 0 Å². The summed E-state index contributed by atoms with van der Waals surface area (Å²) in [5, 5.41) is 22.8. The molecule has 0 bridgehead atoms. The first-order chi connectivity index (χ1) is 5.97. The second-order valence-corrected chi connectivity index (χ2v) is 3.41. The highest BCUT2D eigenvalue weighted by molar-refractivity contribution is 5.85. The minimum atomic E-state index is -0.692. The van der Waals surface area contributed by atoms with E-state index in [-0.39, 0.29) is 19.1 Å². The maximum absolute atomic E-state index is 11.4. The van der Waals surface area contributed by atoms with Crippen molar-refractivity contribution < 1.29 is 15.0 Å². The van der Waals surface area contributed by atoms with Crippen LogP contribution in [-0.4, -0.2) is 48.0 Å². The smallest absolute Gasteiger partial charge is 0.240 e. The van der Waals surface area contributed by atoms with Gasteiger partial charge in [0.2, 0.25) is 5.91 Å². The number of hydrogen-bond donors (Lipinski definition) is 4. The highest BCUT2D eigenvalue weighted by Gasteiger charge is 2.26. The summed E-state index contributed by atoms with van der Waals surface area (Å²) in [6, 6.07) is -0.583. The molecule has 0 heterocycles. The quantitative estimate of drug-likeness (QED) is 0.423. The van der Waals surface area contributed by atoms with Crippen LogP contribution < -0.4 is 10.6 Å². The number of likely N-dealkylation sites (N-methyl/N-ethyl adjacent to an activating group) is 1. The lowest BCUT2D eigenvalue weighted by Gasteiger charge is -2.25. The van der Waals surface area contributed by atoms with Gasteiger partial charge in [-0.1, -0.05) is 0 Å². The van der Waals surface area contributed by atoms with E-state index in [2.05, 4.69) is 10.6 Å². The highest BCUT2D eigenvalue weighted by Crippen LogP contribution is 2.00. The predicted molar refractivity (Wildman–Crippen MR) is 49.2 cm³/mol. The Morgan fingerprint density at radius 1 is 1.38 bits per heavy atom. The average Bonchev–Trinajstić information content (AvgIpc) is 2.13. The van der Waals surface area contributed by atoms with Gasteiger partial charge in [-0.2, -0.15) is 0 Å². The van der Waals surface area contributed by atoms with Crippen LogP contribution in [0.5, 0.6) is 0 Å². The van der Waals surface area contributed by atoms with Crippen molar-refractivity contribution in [3.8, 4) is 0 Å². The zero-order valence-electron chi connectivity index (χ0n) is 8.29. The standard InChI is InChI=1S/C8H18N2O3/c1-8(2,9-3)7(13)10-6(4-11)5-12/h6,9,11-12H,4-5H2,1-3H3,(H,10,13). The van der Waals surface area contributed by atoms with Crippen LogP contribution in [0.1, 0.15) is 13.8 Å². The fourth-order valence-electron chi connectivity index (χ4n) is 0.628. The molecule has 5 nitrogen and oxygen atoms in total. The Morgan fingerprint density at radius 2 is 1.85 bits per heavy atom. The fourth-order valence-corrected chi connectivity index (χ4v) is 0.628. The van der Waals surface area contributed by atoms with Crippen LogP contribution >= 0.6 is 0 Å². The predicted octanol–water partition coefficient (Wildman–Crippen LogP) is -1.55. The van der Waals surface area contributed by atoms with Gasteiger partial charge in [0.1, 0.15) is 0 Å². The first-order valence-corrected chi connectivity index (χ1v) is 4.19. The number of amides is 1. The highest BCUT2D eigenvalue weighted by atomic mass is 16.3. The number of aliphatic hydroxyl groups excluding tert-OH is 2. The van der Waals surface area contributed by atoms with Crippen molar-refractivity contribution >= 4 is 5.91 Å². The third-order valence-corrected chi connectivity index (χ3v) is 1.97. The van der Waals surface area contributed by atoms with Crippen molar-refractivity contribution in [1.29, 1.82) is 0 Å². The third-order valence-electron chi connectivity index (χ3n) is 1.97. The maximum Gasteiger partial charge on any atom is 0.240 e. The average molecular weight is 190 g/mol. The number of rotatable bonds is 5. The summed E-state index contributed by atoms with van der Waals surface area (Å²) in [6.45, 7) is 2.91. The molecule has 0 unspecified atom stereocenters. The Bertz CT molecular complexity index is 167. The van der Waals surface area contributed by atoms with E-state index >= 15 is 0 Å². The number of aliphatic hydroxyl groups is 2. The second kappa shape index (κ2) is 5.16. The summed E-state index contributed by atoms with van der Waals surface area (Å²) in [7, 11) is 1.67. The Balaban J connectivity index is 4.13. The van der Waals surface area contributed by atoms with Gasteiger partial charge in [-0.05, 0) is 20.9 Å². The minimum Gasteiger partial charge on any atom is -0.394 e. The van der Waals surface area contributed by atoms with E-state index in [1.54, 1.807) is 20.9 Å². The third kappa shape index (κ3) is 3.71. The molecule has 0 aromatic heterocycles. The van der Waals surface area contributed by atoms with Crippen molar-refractivity contribution in [2.75, 3.05) is 20.3 Å². The topological polar surface area (TPSA) is 81.6 Å². The van der Waals surface area contributed by atoms with Crippen molar-refractivity contribution in [2.24, 2.45) is 0 Å². The van der Waals surface area contributed by atoms with Crippen LogP contribution in [0.15, 0.2) is 0 Å². The monoisotopic (exact) mass is 190 g/mol. The van der Waals surface area contributed by atoms with Crippen molar-refractivity contribution in [1.82, 2.24) is 10.6 Å². The molecule has 0 radical (unpaired) electrons. The largest absolute Gasteiger partial charge is 0.394 e. The maximum atomic E-state index is 11.4. The van der Waals surface area contributed by atoms with E-state index in [1.165, 1.54) is 0 Å². The van der Waals surface area contributed by atoms with Crippen LogP contribution in [0.2, 0.25) is 0 Å². The van der Waals surface area contributed by atoms with Crippen LogP contribution in [0.25, 0.3) is 0 Å². The van der Waals surface area contributed by atoms with E-state index in [4.69, 9.17) is 10.2 Å². The summed E-state index contributed by atoms with van der Waals surface area (Å²) in [6.07, 6.45) is 0. The van der Waals surface area contributed by atoms with Gasteiger partial charge in [0.05, 0.1) is 24.8 Å². The van der Waals surface area contributed by atoms with Crippen LogP contribution in [0.3, 0.4) is 0 Å². The lowest BCUT2D eigenvalue weighted by Crippen LogP contribution is -2.55. The van der Waals surface area contributed by atoms with Gasteiger partial charge in [0.25, 0.3) is 0 Å². The summed E-state index contributed by atoms with van der Waals surface area (Å²) >= 11 is 0. The minimum absolute atomic E-state index is 0.247. The van der Waals surface area contributed by atoms with Crippen LogP contribution in [0, 0.1) is 0 Å². The molecule has 0 saturated heterocycles. The first kappa shape index (κ1) is 12.3. The van der Waals surface area contributed by atoms with Gasteiger partial charge >= 0.3 is 0 Å². The molecule has 1 amide bonds. The van der Waals surface area contributed by atoms with E-state index in [9.17, 15) is 4.79 Å². The second-order valence-electron chi connectivity index (χ2n) is 3.41. The summed E-state index contributed by atoms with van der Waals surface area (Å²) in [5.74, 6) is -0.247. The van der Waals surface area contributed by atoms with Gasteiger partial charge in [-0.15, -0.1) is 0 Å². The normalized spacial score (nSPS) is 11.8. The fraction of sp³-hybridized carbons (Fsp3) is 0.875. The van der Waals surface area contributed by atoms with E-state index in [1.807, 2.05) is 0 Å². The molecule has 0 rings (SSSR count).